The average Bonchev–Trinajstić information content (AvgIpc) is 2.80. The number of hydrogen-bond acceptors (Lipinski definition) is 4. The molecule has 0 aliphatic heterocycles. The lowest BCUT2D eigenvalue weighted by Gasteiger charge is -2.41. The summed E-state index contributed by atoms with van der Waals surface area (Å²) in [5.74, 6) is -0.924. The molecule has 4 nitrogen and oxygen atoms in total. The predicted molar refractivity (Wildman–Crippen MR) is 151 cm³/mol. The molecule has 0 heterocycles. The SMILES string of the molecule is CC[C@H](C)[C@H](O[Si](CC)(CC)CC)[C@H](C)C(=O)C(C)C(=O)[C@H](C)[C@@H](CC)O[Si](C)(C)C(C)(C)C. The molecule has 0 bridgehead atoms. The van der Waals surface area contributed by atoms with Gasteiger partial charge in [-0.05, 0) is 55.5 Å². The van der Waals surface area contributed by atoms with E-state index in [2.05, 4.69) is 75.4 Å². The molecule has 34 heavy (non-hydrogen) atoms. The zero-order chi connectivity index (χ0) is 27.1. The van der Waals surface area contributed by atoms with Crippen molar-refractivity contribution in [2.75, 3.05) is 0 Å². The van der Waals surface area contributed by atoms with E-state index < -0.39 is 22.6 Å². The number of rotatable bonds is 16. The van der Waals surface area contributed by atoms with Gasteiger partial charge in [-0.2, -0.15) is 0 Å². The molecule has 6 atom stereocenters. The normalized spacial score (nSPS) is 18.6. The summed E-state index contributed by atoms with van der Waals surface area (Å²) < 4.78 is 13.5. The molecule has 0 radical (unpaired) electrons. The standard InChI is InChI=1S/C28H58O4Si2/c1-15-20(6)27(32-34(17-3,18-4)19-5)23(9)26(30)22(8)25(29)21(7)24(16-2)31-33(13,14)28(10,11)12/h20-24,27H,15-19H2,1-14H3/t20-,21+,22?,23+,24+,27-/m0/s1. The van der Waals surface area contributed by atoms with Crippen LogP contribution in [-0.4, -0.2) is 40.4 Å². The van der Waals surface area contributed by atoms with Crippen LogP contribution in [0.5, 0.6) is 0 Å². The third-order valence-electron chi connectivity index (χ3n) is 8.98. The highest BCUT2D eigenvalue weighted by molar-refractivity contribution is 6.74. The lowest BCUT2D eigenvalue weighted by Crippen LogP contribution is -2.49. The highest BCUT2D eigenvalue weighted by Gasteiger charge is 2.43. The van der Waals surface area contributed by atoms with Crippen LogP contribution in [0.4, 0.5) is 0 Å². The number of carbonyl (C=O) groups is 2. The molecule has 0 saturated carbocycles. The van der Waals surface area contributed by atoms with Crippen LogP contribution in [0.25, 0.3) is 0 Å². The number of ketones is 2. The van der Waals surface area contributed by atoms with Crippen LogP contribution in [0.1, 0.15) is 95.9 Å². The molecular weight excluding hydrogens is 456 g/mol. The monoisotopic (exact) mass is 514 g/mol. The topological polar surface area (TPSA) is 52.6 Å². The minimum absolute atomic E-state index is 0.00953. The maximum atomic E-state index is 13.6. The molecule has 0 N–H and O–H groups in total. The van der Waals surface area contributed by atoms with Crippen molar-refractivity contribution in [2.45, 2.75) is 144 Å². The second-order valence-electron chi connectivity index (χ2n) is 12.1. The van der Waals surface area contributed by atoms with E-state index in [1.165, 1.54) is 0 Å². The van der Waals surface area contributed by atoms with Crippen molar-refractivity contribution >= 4 is 28.2 Å². The van der Waals surface area contributed by atoms with E-state index in [4.69, 9.17) is 8.85 Å². The van der Waals surface area contributed by atoms with Crippen LogP contribution < -0.4 is 0 Å². The van der Waals surface area contributed by atoms with Crippen molar-refractivity contribution in [3.05, 3.63) is 0 Å². The Bertz CT molecular complexity index is 629. The van der Waals surface area contributed by atoms with E-state index in [1.54, 1.807) is 6.92 Å². The van der Waals surface area contributed by atoms with E-state index in [0.717, 1.165) is 31.0 Å². The highest BCUT2D eigenvalue weighted by atomic mass is 28.4. The lowest BCUT2D eigenvalue weighted by molar-refractivity contribution is -0.139. The van der Waals surface area contributed by atoms with Crippen molar-refractivity contribution in [1.29, 1.82) is 0 Å². The Labute approximate surface area is 214 Å². The summed E-state index contributed by atoms with van der Waals surface area (Å²) in [6, 6.07) is 3.17. The molecule has 0 aromatic heterocycles. The van der Waals surface area contributed by atoms with Crippen LogP contribution in [0.3, 0.4) is 0 Å². The Hall–Kier alpha value is -0.306. The van der Waals surface area contributed by atoms with E-state index in [0.29, 0.717) is 0 Å². The van der Waals surface area contributed by atoms with Gasteiger partial charge in [0.2, 0.25) is 0 Å². The quantitative estimate of drug-likeness (QED) is 0.154. The van der Waals surface area contributed by atoms with E-state index in [9.17, 15) is 9.59 Å². The van der Waals surface area contributed by atoms with Crippen molar-refractivity contribution in [2.24, 2.45) is 23.7 Å². The second-order valence-corrected chi connectivity index (χ2v) is 21.6. The fourth-order valence-corrected chi connectivity index (χ4v) is 9.10. The van der Waals surface area contributed by atoms with Crippen molar-refractivity contribution < 1.29 is 18.4 Å². The molecule has 0 fully saturated rings. The van der Waals surface area contributed by atoms with Gasteiger partial charge in [-0.25, -0.2) is 0 Å². The van der Waals surface area contributed by atoms with E-state index in [-0.39, 0.29) is 46.6 Å². The summed E-state index contributed by atoms with van der Waals surface area (Å²) in [6.07, 6.45) is 1.45. The molecule has 0 saturated heterocycles. The maximum absolute atomic E-state index is 13.6. The summed E-state index contributed by atoms with van der Waals surface area (Å²) in [7, 11) is -3.88. The molecule has 6 heteroatoms. The molecular formula is C28H58O4Si2. The van der Waals surface area contributed by atoms with Crippen LogP contribution in [-0.2, 0) is 18.4 Å². The van der Waals surface area contributed by atoms with Crippen LogP contribution in [0.15, 0.2) is 0 Å². The van der Waals surface area contributed by atoms with Crippen molar-refractivity contribution in [1.82, 2.24) is 0 Å². The minimum Gasteiger partial charge on any atom is -0.413 e. The lowest BCUT2D eigenvalue weighted by atomic mass is 9.80. The zero-order valence-corrected chi connectivity index (χ0v) is 27.1. The van der Waals surface area contributed by atoms with Crippen molar-refractivity contribution in [3.63, 3.8) is 0 Å². The smallest absolute Gasteiger partial charge is 0.192 e. The first-order valence-electron chi connectivity index (χ1n) is 13.9. The predicted octanol–water partition coefficient (Wildman–Crippen LogP) is 8.27. The first-order valence-corrected chi connectivity index (χ1v) is 19.4. The summed E-state index contributed by atoms with van der Waals surface area (Å²) in [4.78, 5) is 27.2. The maximum Gasteiger partial charge on any atom is 0.192 e. The van der Waals surface area contributed by atoms with E-state index >= 15 is 0 Å². The van der Waals surface area contributed by atoms with Gasteiger partial charge in [0.25, 0.3) is 0 Å². The summed E-state index contributed by atoms with van der Waals surface area (Å²) >= 11 is 0. The molecule has 0 aromatic carbocycles. The first kappa shape index (κ1) is 33.7. The van der Waals surface area contributed by atoms with Gasteiger partial charge >= 0.3 is 0 Å². The first-order chi connectivity index (χ1) is 15.5. The Morgan fingerprint density at radius 1 is 0.735 bits per heavy atom. The van der Waals surface area contributed by atoms with Gasteiger partial charge in [0.05, 0.1) is 18.1 Å². The van der Waals surface area contributed by atoms with Gasteiger partial charge in [0.15, 0.2) is 16.6 Å². The molecule has 0 spiro atoms. The third kappa shape index (κ3) is 8.38. The van der Waals surface area contributed by atoms with Crippen molar-refractivity contribution in [3.8, 4) is 0 Å². The Morgan fingerprint density at radius 3 is 1.53 bits per heavy atom. The highest BCUT2D eigenvalue weighted by Crippen LogP contribution is 2.39. The Kier molecular flexibility index (Phi) is 13.7. The summed E-state index contributed by atoms with van der Waals surface area (Å²) in [5.41, 5.74) is 0. The van der Waals surface area contributed by atoms with E-state index in [1.807, 2.05) is 13.8 Å². The van der Waals surface area contributed by atoms with Crippen LogP contribution in [0, 0.1) is 23.7 Å². The Balaban J connectivity index is 5.74. The van der Waals surface area contributed by atoms with Crippen LogP contribution in [0.2, 0.25) is 36.3 Å². The third-order valence-corrected chi connectivity index (χ3v) is 18.1. The van der Waals surface area contributed by atoms with Gasteiger partial charge in [0, 0.05) is 11.8 Å². The molecule has 0 aromatic rings. The minimum atomic E-state index is -2.01. The van der Waals surface area contributed by atoms with Gasteiger partial charge < -0.3 is 8.85 Å². The molecule has 1 unspecified atom stereocenters. The zero-order valence-electron chi connectivity index (χ0n) is 25.1. The molecule has 0 rings (SSSR count). The van der Waals surface area contributed by atoms with Gasteiger partial charge in [-0.15, -0.1) is 0 Å². The van der Waals surface area contributed by atoms with Gasteiger partial charge in [-0.1, -0.05) is 82.6 Å². The largest absolute Gasteiger partial charge is 0.413 e. The molecule has 0 aliphatic carbocycles. The average molecular weight is 515 g/mol. The Morgan fingerprint density at radius 2 is 1.18 bits per heavy atom. The summed E-state index contributed by atoms with van der Waals surface area (Å²) in [5, 5.41) is 0.0776. The van der Waals surface area contributed by atoms with Gasteiger partial charge in [-0.3, -0.25) is 9.59 Å². The van der Waals surface area contributed by atoms with Crippen LogP contribution >= 0.6 is 0 Å². The number of hydrogen-bond donors (Lipinski definition) is 0. The number of carbonyl (C=O) groups excluding carboxylic acids is 2. The number of Topliss-reactive ketones (excluding diaryl/α,β-unsaturated/α-hetero) is 2. The fraction of sp³-hybridized carbons (Fsp3) is 0.929. The van der Waals surface area contributed by atoms with Gasteiger partial charge in [0.1, 0.15) is 11.6 Å². The molecule has 0 amide bonds. The molecule has 0 aliphatic rings. The fourth-order valence-electron chi connectivity index (χ4n) is 4.60. The molecule has 202 valence electrons. The second kappa shape index (κ2) is 13.9. The summed E-state index contributed by atoms with van der Waals surface area (Å²) in [6.45, 7) is 29.9.